The van der Waals surface area contributed by atoms with Gasteiger partial charge in [0.15, 0.2) is 0 Å². The summed E-state index contributed by atoms with van der Waals surface area (Å²) in [7, 11) is 0. The molecule has 0 radical (unpaired) electrons. The van der Waals surface area contributed by atoms with Crippen molar-refractivity contribution < 1.29 is 13.2 Å². The second kappa shape index (κ2) is 3.74. The van der Waals surface area contributed by atoms with Crippen LogP contribution < -0.4 is 5.73 Å². The van der Waals surface area contributed by atoms with Crippen molar-refractivity contribution in [3.05, 3.63) is 28.8 Å². The highest BCUT2D eigenvalue weighted by molar-refractivity contribution is 5.32. The number of aromatic nitrogens is 1. The van der Waals surface area contributed by atoms with Crippen molar-refractivity contribution in [1.29, 1.82) is 0 Å². The number of nitrogens with two attached hydrogens (primary N) is 1. The molecule has 0 aromatic carbocycles. The van der Waals surface area contributed by atoms with E-state index < -0.39 is 17.9 Å². The summed E-state index contributed by atoms with van der Waals surface area (Å²) in [6, 6.07) is 0. The van der Waals surface area contributed by atoms with Crippen molar-refractivity contribution in [2.24, 2.45) is 5.73 Å². The Kier molecular flexibility index (Phi) is 2.87. The van der Waals surface area contributed by atoms with Crippen LogP contribution in [0.2, 0.25) is 0 Å². The molecule has 0 saturated carbocycles. The van der Waals surface area contributed by atoms with Gasteiger partial charge in [-0.2, -0.15) is 4.39 Å². The molecule has 0 spiro atoms. The van der Waals surface area contributed by atoms with E-state index in [-0.39, 0.29) is 12.1 Å². The third-order valence-corrected chi connectivity index (χ3v) is 1.82. The van der Waals surface area contributed by atoms with E-state index in [1.54, 1.807) is 6.92 Å². The van der Waals surface area contributed by atoms with E-state index >= 15 is 0 Å². The Morgan fingerprint density at radius 2 is 2.15 bits per heavy atom. The fourth-order valence-corrected chi connectivity index (χ4v) is 1.13. The number of halogens is 3. The highest BCUT2D eigenvalue weighted by Gasteiger charge is 2.19. The molecule has 2 N–H and O–H groups in total. The molecule has 1 aromatic heterocycles. The monoisotopic (exact) mass is 190 g/mol. The Hall–Kier alpha value is -1.10. The Labute approximate surface area is 73.6 Å². The number of alkyl halides is 2. The molecular weight excluding hydrogens is 181 g/mol. The van der Waals surface area contributed by atoms with Crippen molar-refractivity contribution in [1.82, 2.24) is 4.98 Å². The summed E-state index contributed by atoms with van der Waals surface area (Å²) in [4.78, 5) is 3.21. The van der Waals surface area contributed by atoms with Crippen LogP contribution in [0.5, 0.6) is 0 Å². The first kappa shape index (κ1) is 9.98. The Bertz CT molecular complexity index is 313. The van der Waals surface area contributed by atoms with Crippen LogP contribution in [0, 0.1) is 12.9 Å². The summed E-state index contributed by atoms with van der Waals surface area (Å²) in [5.41, 5.74) is 5.18. The Balaban J connectivity index is 3.35. The van der Waals surface area contributed by atoms with Crippen LogP contribution in [-0.2, 0) is 6.54 Å². The second-order valence-corrected chi connectivity index (χ2v) is 2.63. The molecule has 0 saturated heterocycles. The standard InChI is InChI=1S/C8H9F3N2/c1-4-3-13-8(11)6(7(9)10)5(4)2-12/h3,7H,2,12H2,1H3. The molecule has 0 unspecified atom stereocenters. The molecule has 2 nitrogen and oxygen atoms in total. The van der Waals surface area contributed by atoms with Gasteiger partial charge in [-0.15, -0.1) is 0 Å². The molecule has 1 rings (SSSR count). The predicted molar refractivity (Wildman–Crippen MR) is 41.8 cm³/mol. The lowest BCUT2D eigenvalue weighted by molar-refractivity contribution is 0.143. The largest absolute Gasteiger partial charge is 0.326 e. The molecule has 0 atom stereocenters. The zero-order valence-corrected chi connectivity index (χ0v) is 7.02. The van der Waals surface area contributed by atoms with Gasteiger partial charge in [0.2, 0.25) is 5.95 Å². The summed E-state index contributed by atoms with van der Waals surface area (Å²) >= 11 is 0. The molecule has 0 amide bonds. The smallest absolute Gasteiger partial charge is 0.268 e. The first-order valence-corrected chi connectivity index (χ1v) is 3.70. The summed E-state index contributed by atoms with van der Waals surface area (Å²) in [5, 5.41) is 0. The fourth-order valence-electron chi connectivity index (χ4n) is 1.13. The van der Waals surface area contributed by atoms with Crippen LogP contribution in [-0.4, -0.2) is 4.98 Å². The first-order chi connectivity index (χ1) is 6.07. The van der Waals surface area contributed by atoms with Crippen molar-refractivity contribution >= 4 is 0 Å². The van der Waals surface area contributed by atoms with Gasteiger partial charge in [-0.25, -0.2) is 13.8 Å². The zero-order valence-electron chi connectivity index (χ0n) is 7.02. The maximum atomic E-state index is 12.8. The summed E-state index contributed by atoms with van der Waals surface area (Å²) < 4.78 is 37.5. The number of pyridine rings is 1. The predicted octanol–water partition coefficient (Wildman–Crippen LogP) is 1.93. The maximum absolute atomic E-state index is 12.8. The van der Waals surface area contributed by atoms with Crippen LogP contribution >= 0.6 is 0 Å². The molecule has 72 valence electrons. The number of rotatable bonds is 2. The van der Waals surface area contributed by atoms with Gasteiger partial charge >= 0.3 is 0 Å². The van der Waals surface area contributed by atoms with Crippen molar-refractivity contribution in [2.75, 3.05) is 0 Å². The molecule has 0 fully saturated rings. The minimum absolute atomic E-state index is 0.106. The van der Waals surface area contributed by atoms with E-state index in [2.05, 4.69) is 4.98 Å². The second-order valence-electron chi connectivity index (χ2n) is 2.63. The van der Waals surface area contributed by atoms with Gasteiger partial charge in [-0.3, -0.25) is 0 Å². The lowest BCUT2D eigenvalue weighted by Gasteiger charge is -2.09. The first-order valence-electron chi connectivity index (χ1n) is 3.70. The molecular formula is C8H9F3N2. The van der Waals surface area contributed by atoms with E-state index in [1.807, 2.05) is 0 Å². The van der Waals surface area contributed by atoms with Gasteiger partial charge in [-0.05, 0) is 18.1 Å². The van der Waals surface area contributed by atoms with Crippen LogP contribution in [0.25, 0.3) is 0 Å². The molecule has 0 bridgehead atoms. The average Bonchev–Trinajstić information content (AvgIpc) is 2.07. The van der Waals surface area contributed by atoms with Crippen LogP contribution in [0.4, 0.5) is 13.2 Å². The van der Waals surface area contributed by atoms with Crippen molar-refractivity contribution in [3.63, 3.8) is 0 Å². The van der Waals surface area contributed by atoms with Gasteiger partial charge < -0.3 is 5.73 Å². The Morgan fingerprint density at radius 1 is 1.54 bits per heavy atom. The van der Waals surface area contributed by atoms with Gasteiger partial charge in [0.25, 0.3) is 6.43 Å². The highest BCUT2D eigenvalue weighted by Crippen LogP contribution is 2.26. The molecule has 13 heavy (non-hydrogen) atoms. The Morgan fingerprint density at radius 3 is 2.54 bits per heavy atom. The van der Waals surface area contributed by atoms with Crippen LogP contribution in [0.3, 0.4) is 0 Å². The molecule has 1 aromatic rings. The normalized spacial score (nSPS) is 10.9. The SMILES string of the molecule is Cc1cnc(F)c(C(F)F)c1CN. The van der Waals surface area contributed by atoms with Crippen LogP contribution in [0.1, 0.15) is 23.1 Å². The summed E-state index contributed by atoms with van der Waals surface area (Å²) in [6.45, 7) is 1.46. The molecule has 5 heteroatoms. The van der Waals surface area contributed by atoms with Gasteiger partial charge in [-0.1, -0.05) is 0 Å². The number of hydrogen-bond donors (Lipinski definition) is 1. The third-order valence-electron chi connectivity index (χ3n) is 1.82. The molecule has 0 aliphatic heterocycles. The van der Waals surface area contributed by atoms with E-state index in [9.17, 15) is 13.2 Å². The van der Waals surface area contributed by atoms with E-state index in [4.69, 9.17) is 5.73 Å². The average molecular weight is 190 g/mol. The summed E-state index contributed by atoms with van der Waals surface area (Å²) in [5.74, 6) is -1.14. The van der Waals surface area contributed by atoms with E-state index in [0.29, 0.717) is 5.56 Å². The lowest BCUT2D eigenvalue weighted by Crippen LogP contribution is -2.08. The molecule has 0 aliphatic rings. The summed E-state index contributed by atoms with van der Waals surface area (Å²) in [6.07, 6.45) is -1.67. The zero-order chi connectivity index (χ0) is 10.0. The highest BCUT2D eigenvalue weighted by atomic mass is 19.3. The van der Waals surface area contributed by atoms with E-state index in [0.717, 1.165) is 0 Å². The van der Waals surface area contributed by atoms with Gasteiger partial charge in [0.05, 0.1) is 5.56 Å². The molecule has 1 heterocycles. The quantitative estimate of drug-likeness (QED) is 0.723. The van der Waals surface area contributed by atoms with Crippen molar-refractivity contribution in [2.45, 2.75) is 19.9 Å². The van der Waals surface area contributed by atoms with Crippen LogP contribution in [0.15, 0.2) is 6.20 Å². The minimum Gasteiger partial charge on any atom is -0.326 e. The minimum atomic E-state index is -2.87. The number of aryl methyl sites for hydroxylation is 1. The number of nitrogens with zero attached hydrogens (tertiary/aromatic N) is 1. The topological polar surface area (TPSA) is 38.9 Å². The third kappa shape index (κ3) is 1.80. The molecule has 0 aliphatic carbocycles. The van der Waals surface area contributed by atoms with E-state index in [1.165, 1.54) is 6.20 Å². The number of hydrogen-bond acceptors (Lipinski definition) is 2. The lowest BCUT2D eigenvalue weighted by atomic mass is 10.1. The fraction of sp³-hybridized carbons (Fsp3) is 0.375. The maximum Gasteiger partial charge on any atom is 0.268 e. The van der Waals surface area contributed by atoms with Gasteiger partial charge in [0.1, 0.15) is 0 Å². The van der Waals surface area contributed by atoms with Gasteiger partial charge in [0, 0.05) is 12.7 Å². The van der Waals surface area contributed by atoms with Crippen molar-refractivity contribution in [3.8, 4) is 0 Å².